The second kappa shape index (κ2) is 8.16. The van der Waals surface area contributed by atoms with Gasteiger partial charge in [-0.15, -0.1) is 0 Å². The molecule has 2 aromatic rings. The second-order valence-corrected chi connectivity index (χ2v) is 8.04. The lowest BCUT2D eigenvalue weighted by Gasteiger charge is -2.14. The van der Waals surface area contributed by atoms with Crippen molar-refractivity contribution in [2.75, 3.05) is 15.8 Å². The summed E-state index contributed by atoms with van der Waals surface area (Å²) in [4.78, 5) is 12.5. The summed E-state index contributed by atoms with van der Waals surface area (Å²) in [5.74, 6) is 0.0545. The first-order chi connectivity index (χ1) is 11.8. The largest absolute Gasteiger partial charge is 0.322 e. The molecule has 0 saturated heterocycles. The maximum atomic E-state index is 12.5. The summed E-state index contributed by atoms with van der Waals surface area (Å²) in [6.45, 7) is 5.93. The van der Waals surface area contributed by atoms with Crippen LogP contribution in [0.2, 0.25) is 0 Å². The van der Waals surface area contributed by atoms with Crippen LogP contribution >= 0.6 is 0 Å². The number of nitrogens with one attached hydrogen (secondary N) is 2. The topological polar surface area (TPSA) is 75.3 Å². The third-order valence-corrected chi connectivity index (χ3v) is 5.19. The van der Waals surface area contributed by atoms with Gasteiger partial charge >= 0.3 is 0 Å². The monoisotopic (exact) mass is 360 g/mol. The van der Waals surface area contributed by atoms with Gasteiger partial charge in [0.05, 0.1) is 5.75 Å². The average molecular weight is 360 g/mol. The molecule has 2 N–H and O–H groups in total. The van der Waals surface area contributed by atoms with Crippen LogP contribution in [0.3, 0.4) is 0 Å². The molecule has 0 aliphatic rings. The van der Waals surface area contributed by atoms with Gasteiger partial charge < -0.3 is 5.32 Å². The Morgan fingerprint density at radius 2 is 1.80 bits per heavy atom. The Morgan fingerprint density at radius 3 is 2.48 bits per heavy atom. The predicted octanol–water partition coefficient (Wildman–Crippen LogP) is 4.21. The van der Waals surface area contributed by atoms with E-state index < -0.39 is 10.0 Å². The lowest BCUT2D eigenvalue weighted by molar-refractivity contribution is 0.102. The lowest BCUT2D eigenvalue weighted by Crippen LogP contribution is -2.17. The smallest absolute Gasteiger partial charge is 0.255 e. The van der Waals surface area contributed by atoms with Crippen LogP contribution in [0.1, 0.15) is 49.0 Å². The van der Waals surface area contributed by atoms with Crippen LogP contribution in [-0.2, 0) is 10.0 Å². The molecule has 0 atom stereocenters. The predicted molar refractivity (Wildman–Crippen MR) is 103 cm³/mol. The molecule has 6 heteroatoms. The zero-order valence-corrected chi connectivity index (χ0v) is 15.6. The Bertz CT molecular complexity index is 845. The maximum Gasteiger partial charge on any atom is 0.255 e. The fourth-order valence-corrected chi connectivity index (χ4v) is 3.66. The van der Waals surface area contributed by atoms with Gasteiger partial charge in [0, 0.05) is 16.9 Å². The van der Waals surface area contributed by atoms with E-state index in [4.69, 9.17) is 0 Å². The molecule has 0 aliphatic heterocycles. The van der Waals surface area contributed by atoms with E-state index in [0.717, 1.165) is 11.3 Å². The van der Waals surface area contributed by atoms with Gasteiger partial charge in [-0.1, -0.05) is 45.0 Å². The zero-order chi connectivity index (χ0) is 18.4. The SMILES string of the molecule is CCCS(=O)(=O)Nc1cccc(C(=O)Nc2ccccc2C(C)C)c1. The highest BCUT2D eigenvalue weighted by Gasteiger charge is 2.13. The number of carbonyl (C=O) groups excluding carboxylic acids is 1. The summed E-state index contributed by atoms with van der Waals surface area (Å²) in [6, 6.07) is 14.1. The van der Waals surface area contributed by atoms with Gasteiger partial charge in [0.2, 0.25) is 10.0 Å². The summed E-state index contributed by atoms with van der Waals surface area (Å²) < 4.78 is 26.3. The summed E-state index contributed by atoms with van der Waals surface area (Å²) in [6.07, 6.45) is 0.529. The van der Waals surface area contributed by atoms with Crippen molar-refractivity contribution in [3.8, 4) is 0 Å². The Balaban J connectivity index is 2.20. The van der Waals surface area contributed by atoms with E-state index in [0.29, 0.717) is 17.7 Å². The summed E-state index contributed by atoms with van der Waals surface area (Å²) in [5, 5.41) is 2.91. The molecule has 0 heterocycles. The Morgan fingerprint density at radius 1 is 1.08 bits per heavy atom. The highest BCUT2D eigenvalue weighted by molar-refractivity contribution is 7.92. The van der Waals surface area contributed by atoms with Gasteiger partial charge in [-0.05, 0) is 42.2 Å². The van der Waals surface area contributed by atoms with Gasteiger partial charge in [-0.3, -0.25) is 9.52 Å². The first-order valence-electron chi connectivity index (χ1n) is 8.33. The van der Waals surface area contributed by atoms with Crippen molar-refractivity contribution >= 4 is 27.3 Å². The Kier molecular flexibility index (Phi) is 6.20. The molecule has 0 fully saturated rings. The van der Waals surface area contributed by atoms with Gasteiger partial charge in [-0.25, -0.2) is 8.42 Å². The van der Waals surface area contributed by atoms with Crippen LogP contribution in [0.25, 0.3) is 0 Å². The number of hydrogen-bond donors (Lipinski definition) is 2. The minimum absolute atomic E-state index is 0.0468. The molecular formula is C19H24N2O3S. The van der Waals surface area contributed by atoms with Crippen LogP contribution in [0, 0.1) is 0 Å². The van der Waals surface area contributed by atoms with Crippen LogP contribution < -0.4 is 10.0 Å². The molecule has 2 rings (SSSR count). The Hall–Kier alpha value is -2.34. The van der Waals surface area contributed by atoms with Crippen molar-refractivity contribution in [3.63, 3.8) is 0 Å². The van der Waals surface area contributed by atoms with E-state index >= 15 is 0 Å². The number of amides is 1. The average Bonchev–Trinajstić information content (AvgIpc) is 2.54. The summed E-state index contributed by atoms with van der Waals surface area (Å²) in [7, 11) is -3.39. The van der Waals surface area contributed by atoms with Crippen LogP contribution in [0.5, 0.6) is 0 Å². The van der Waals surface area contributed by atoms with E-state index in [1.807, 2.05) is 24.3 Å². The molecule has 0 aromatic heterocycles. The minimum atomic E-state index is -3.39. The van der Waals surface area contributed by atoms with E-state index in [2.05, 4.69) is 23.9 Å². The quantitative estimate of drug-likeness (QED) is 0.776. The number of benzene rings is 2. The van der Waals surface area contributed by atoms with E-state index in [1.54, 1.807) is 31.2 Å². The molecule has 5 nitrogen and oxygen atoms in total. The van der Waals surface area contributed by atoms with Crippen molar-refractivity contribution in [2.45, 2.75) is 33.1 Å². The number of para-hydroxylation sites is 1. The number of hydrogen-bond acceptors (Lipinski definition) is 3. The molecule has 0 saturated carbocycles. The first-order valence-corrected chi connectivity index (χ1v) is 9.98. The number of anilines is 2. The Labute approximate surface area is 149 Å². The van der Waals surface area contributed by atoms with Gasteiger partial charge in [-0.2, -0.15) is 0 Å². The van der Waals surface area contributed by atoms with Crippen molar-refractivity contribution < 1.29 is 13.2 Å². The highest BCUT2D eigenvalue weighted by Crippen LogP contribution is 2.24. The second-order valence-electron chi connectivity index (χ2n) is 6.20. The molecular weight excluding hydrogens is 336 g/mol. The molecule has 1 amide bonds. The van der Waals surface area contributed by atoms with Crippen molar-refractivity contribution in [1.82, 2.24) is 0 Å². The van der Waals surface area contributed by atoms with Crippen molar-refractivity contribution in [2.24, 2.45) is 0 Å². The maximum absolute atomic E-state index is 12.5. The molecule has 2 aromatic carbocycles. The number of sulfonamides is 1. The number of carbonyl (C=O) groups is 1. The molecule has 134 valence electrons. The van der Waals surface area contributed by atoms with Crippen molar-refractivity contribution in [1.29, 1.82) is 0 Å². The fourth-order valence-electron chi connectivity index (χ4n) is 2.53. The van der Waals surface area contributed by atoms with Gasteiger partial charge in [0.15, 0.2) is 0 Å². The van der Waals surface area contributed by atoms with Crippen LogP contribution in [0.15, 0.2) is 48.5 Å². The third kappa shape index (κ3) is 5.32. The normalized spacial score (nSPS) is 11.4. The molecule has 0 radical (unpaired) electrons. The molecule has 0 bridgehead atoms. The van der Waals surface area contributed by atoms with Gasteiger partial charge in [0.1, 0.15) is 0 Å². The standard InChI is InChI=1S/C19H24N2O3S/c1-4-12-25(23,24)21-16-9-7-8-15(13-16)19(22)20-18-11-6-5-10-17(18)14(2)3/h5-11,13-14,21H,4,12H2,1-3H3,(H,20,22). The van der Waals surface area contributed by atoms with Crippen LogP contribution in [0.4, 0.5) is 11.4 Å². The van der Waals surface area contributed by atoms with E-state index in [1.165, 1.54) is 0 Å². The van der Waals surface area contributed by atoms with Crippen LogP contribution in [-0.4, -0.2) is 20.1 Å². The van der Waals surface area contributed by atoms with Crippen molar-refractivity contribution in [3.05, 3.63) is 59.7 Å². The molecule has 0 aliphatic carbocycles. The lowest BCUT2D eigenvalue weighted by atomic mass is 10.0. The molecule has 0 unspecified atom stereocenters. The zero-order valence-electron chi connectivity index (χ0n) is 14.7. The minimum Gasteiger partial charge on any atom is -0.322 e. The summed E-state index contributed by atoms with van der Waals surface area (Å²) >= 11 is 0. The summed E-state index contributed by atoms with van der Waals surface area (Å²) in [5.41, 5.74) is 2.60. The number of rotatable bonds is 7. The van der Waals surface area contributed by atoms with Gasteiger partial charge in [0.25, 0.3) is 5.91 Å². The fraction of sp³-hybridized carbons (Fsp3) is 0.316. The third-order valence-electron chi connectivity index (χ3n) is 3.70. The highest BCUT2D eigenvalue weighted by atomic mass is 32.2. The molecule has 25 heavy (non-hydrogen) atoms. The van der Waals surface area contributed by atoms with E-state index in [9.17, 15) is 13.2 Å². The van der Waals surface area contributed by atoms with E-state index in [-0.39, 0.29) is 17.6 Å². The first kappa shape index (κ1) is 19.0. The molecule has 0 spiro atoms.